The standard InChI is InChI=1S/C32H33F2N5O4/c1-21-30(37-14-12-36(13-15-37)17-22-10-11-28-29(16-22)43-20-42-28)31(40)39(19-27(35)23-6-3-2-4-7-23)32(41)38(21)18-24-25(33)8-5-9-26(24)34/h2-11,16,27H,12-15,17-20,35H2,1H3/t27-/m0/s1. The molecule has 9 nitrogen and oxygen atoms in total. The summed E-state index contributed by atoms with van der Waals surface area (Å²) in [6.45, 7) is 4.50. The van der Waals surface area contributed by atoms with Gasteiger partial charge < -0.3 is 20.1 Å². The van der Waals surface area contributed by atoms with Crippen molar-refractivity contribution in [3.8, 4) is 11.5 Å². The van der Waals surface area contributed by atoms with Crippen LogP contribution in [0.25, 0.3) is 0 Å². The molecule has 3 aromatic carbocycles. The molecule has 1 saturated heterocycles. The van der Waals surface area contributed by atoms with E-state index in [1.807, 2.05) is 53.4 Å². The Morgan fingerprint density at radius 1 is 0.837 bits per heavy atom. The van der Waals surface area contributed by atoms with Crippen LogP contribution in [0.3, 0.4) is 0 Å². The van der Waals surface area contributed by atoms with Crippen LogP contribution in [0.2, 0.25) is 0 Å². The maximum Gasteiger partial charge on any atom is 0.331 e. The molecule has 0 unspecified atom stereocenters. The second kappa shape index (κ2) is 12.0. The number of nitrogens with two attached hydrogens (primary N) is 1. The summed E-state index contributed by atoms with van der Waals surface area (Å²) in [6, 6.07) is 18.0. The maximum absolute atomic E-state index is 14.7. The SMILES string of the molecule is Cc1c(N2CCN(Cc3ccc4c(c3)OCO4)CC2)c(=O)n(C[C@H](N)c2ccccc2)c(=O)n1Cc1c(F)cccc1F. The first kappa shape index (κ1) is 28.6. The van der Waals surface area contributed by atoms with E-state index in [1.54, 1.807) is 6.92 Å². The Morgan fingerprint density at radius 2 is 1.53 bits per heavy atom. The quantitative estimate of drug-likeness (QED) is 0.337. The highest BCUT2D eigenvalue weighted by Crippen LogP contribution is 2.33. The van der Waals surface area contributed by atoms with Crippen LogP contribution < -0.4 is 31.4 Å². The molecule has 1 fully saturated rings. The fourth-order valence-corrected chi connectivity index (χ4v) is 5.77. The fourth-order valence-electron chi connectivity index (χ4n) is 5.77. The van der Waals surface area contributed by atoms with Gasteiger partial charge >= 0.3 is 5.69 Å². The van der Waals surface area contributed by atoms with Gasteiger partial charge in [-0.05, 0) is 42.3 Å². The Bertz CT molecular complexity index is 1730. The molecule has 1 aromatic heterocycles. The zero-order chi connectivity index (χ0) is 30.1. The van der Waals surface area contributed by atoms with E-state index in [4.69, 9.17) is 15.2 Å². The average Bonchev–Trinajstić information content (AvgIpc) is 3.48. The van der Waals surface area contributed by atoms with Gasteiger partial charge in [-0.1, -0.05) is 42.5 Å². The lowest BCUT2D eigenvalue weighted by Gasteiger charge is -2.37. The molecule has 11 heteroatoms. The summed E-state index contributed by atoms with van der Waals surface area (Å²) in [5, 5.41) is 0. The number of hydrogen-bond acceptors (Lipinski definition) is 7. The molecule has 6 rings (SSSR count). The van der Waals surface area contributed by atoms with Crippen molar-refractivity contribution < 1.29 is 18.3 Å². The molecular weight excluding hydrogens is 556 g/mol. The lowest BCUT2D eigenvalue weighted by molar-refractivity contribution is 0.174. The number of rotatable bonds is 8. The third kappa shape index (κ3) is 5.78. The molecule has 4 aromatic rings. The first-order valence-corrected chi connectivity index (χ1v) is 14.2. The third-order valence-electron chi connectivity index (χ3n) is 8.17. The minimum Gasteiger partial charge on any atom is -0.454 e. The predicted molar refractivity (Wildman–Crippen MR) is 159 cm³/mol. The van der Waals surface area contributed by atoms with E-state index in [2.05, 4.69) is 4.90 Å². The molecule has 43 heavy (non-hydrogen) atoms. The Kier molecular flexibility index (Phi) is 8.00. The zero-order valence-electron chi connectivity index (χ0n) is 23.8. The molecule has 2 aliphatic rings. The summed E-state index contributed by atoms with van der Waals surface area (Å²) in [7, 11) is 0. The highest BCUT2D eigenvalue weighted by molar-refractivity contribution is 5.50. The Labute approximate surface area is 247 Å². The number of piperazine rings is 1. The fraction of sp³-hybridized carbons (Fsp3) is 0.312. The van der Waals surface area contributed by atoms with Crippen molar-refractivity contribution >= 4 is 5.69 Å². The van der Waals surface area contributed by atoms with Crippen molar-refractivity contribution in [1.29, 1.82) is 0 Å². The molecule has 1 atom stereocenters. The number of halogens is 2. The van der Waals surface area contributed by atoms with Crippen LogP contribution in [0.1, 0.15) is 28.4 Å². The number of aromatic nitrogens is 2. The molecule has 0 aliphatic carbocycles. The van der Waals surface area contributed by atoms with Gasteiger partial charge in [-0.25, -0.2) is 13.6 Å². The molecule has 3 heterocycles. The van der Waals surface area contributed by atoms with Gasteiger partial charge in [0.25, 0.3) is 5.56 Å². The lowest BCUT2D eigenvalue weighted by atomic mass is 10.1. The van der Waals surface area contributed by atoms with E-state index in [9.17, 15) is 18.4 Å². The minimum absolute atomic E-state index is 0.0845. The van der Waals surface area contributed by atoms with E-state index >= 15 is 0 Å². The molecule has 2 N–H and O–H groups in total. The van der Waals surface area contributed by atoms with Crippen LogP contribution in [0.4, 0.5) is 14.5 Å². The van der Waals surface area contributed by atoms with Crippen molar-refractivity contribution in [3.63, 3.8) is 0 Å². The van der Waals surface area contributed by atoms with Gasteiger partial charge in [-0.2, -0.15) is 0 Å². The first-order valence-electron chi connectivity index (χ1n) is 14.2. The van der Waals surface area contributed by atoms with Crippen LogP contribution in [-0.2, 0) is 19.6 Å². The molecule has 0 saturated carbocycles. The summed E-state index contributed by atoms with van der Waals surface area (Å²) in [5.41, 5.74) is 7.60. The summed E-state index contributed by atoms with van der Waals surface area (Å²) in [6.07, 6.45) is 0. The van der Waals surface area contributed by atoms with Gasteiger partial charge in [0.05, 0.1) is 13.1 Å². The topological polar surface area (TPSA) is 95.0 Å². The number of anilines is 1. The van der Waals surface area contributed by atoms with Gasteiger partial charge in [0, 0.05) is 50.0 Å². The monoisotopic (exact) mass is 589 g/mol. The molecule has 0 radical (unpaired) electrons. The maximum atomic E-state index is 14.7. The summed E-state index contributed by atoms with van der Waals surface area (Å²) in [4.78, 5) is 31.9. The van der Waals surface area contributed by atoms with Crippen LogP contribution >= 0.6 is 0 Å². The van der Waals surface area contributed by atoms with Crippen LogP contribution in [0.15, 0.2) is 76.3 Å². The van der Waals surface area contributed by atoms with E-state index < -0.39 is 28.9 Å². The average molecular weight is 590 g/mol. The second-order valence-electron chi connectivity index (χ2n) is 10.9. The van der Waals surface area contributed by atoms with Gasteiger partial charge in [0.15, 0.2) is 11.5 Å². The van der Waals surface area contributed by atoms with Gasteiger partial charge in [0.1, 0.15) is 17.3 Å². The van der Waals surface area contributed by atoms with Crippen molar-refractivity contribution in [1.82, 2.24) is 14.0 Å². The number of ether oxygens (including phenoxy) is 2. The van der Waals surface area contributed by atoms with E-state index in [1.165, 1.54) is 10.6 Å². The molecule has 224 valence electrons. The summed E-state index contributed by atoms with van der Waals surface area (Å²) >= 11 is 0. The summed E-state index contributed by atoms with van der Waals surface area (Å²) < 4.78 is 42.7. The zero-order valence-corrected chi connectivity index (χ0v) is 23.8. The first-order chi connectivity index (χ1) is 20.8. The smallest absolute Gasteiger partial charge is 0.331 e. The van der Waals surface area contributed by atoms with Gasteiger partial charge in [-0.3, -0.25) is 18.8 Å². The number of nitrogens with zero attached hydrogens (tertiary/aromatic N) is 4. The van der Waals surface area contributed by atoms with Crippen molar-refractivity contribution in [2.75, 3.05) is 37.9 Å². The van der Waals surface area contributed by atoms with E-state index in [-0.39, 0.29) is 25.4 Å². The van der Waals surface area contributed by atoms with Crippen LogP contribution in [-0.4, -0.2) is 47.0 Å². The third-order valence-corrected chi connectivity index (χ3v) is 8.17. The van der Waals surface area contributed by atoms with Gasteiger partial charge in [0.2, 0.25) is 6.79 Å². The lowest BCUT2D eigenvalue weighted by Crippen LogP contribution is -2.51. The van der Waals surface area contributed by atoms with Gasteiger partial charge in [-0.15, -0.1) is 0 Å². The normalized spacial score (nSPS) is 15.6. The molecular formula is C32H33F2N5O4. The van der Waals surface area contributed by atoms with E-state index in [0.29, 0.717) is 44.1 Å². The van der Waals surface area contributed by atoms with E-state index in [0.717, 1.165) is 39.3 Å². The number of fused-ring (bicyclic) bond motifs is 1. The molecule has 0 spiro atoms. The molecule has 2 aliphatic heterocycles. The summed E-state index contributed by atoms with van der Waals surface area (Å²) in [5.74, 6) is -0.0558. The van der Waals surface area contributed by atoms with Crippen molar-refractivity contribution in [2.24, 2.45) is 5.73 Å². The highest BCUT2D eigenvalue weighted by Gasteiger charge is 2.27. The molecule has 0 amide bonds. The van der Waals surface area contributed by atoms with Crippen LogP contribution in [0, 0.1) is 18.6 Å². The second-order valence-corrected chi connectivity index (χ2v) is 10.9. The van der Waals surface area contributed by atoms with Crippen LogP contribution in [0.5, 0.6) is 11.5 Å². The predicted octanol–water partition coefficient (Wildman–Crippen LogP) is 3.40. The van der Waals surface area contributed by atoms with Crippen molar-refractivity contribution in [3.05, 3.63) is 122 Å². The largest absolute Gasteiger partial charge is 0.454 e. The minimum atomic E-state index is -0.760. The number of hydrogen-bond donors (Lipinski definition) is 1. The Hall–Kier alpha value is -4.48. The Balaban J connectivity index is 1.31. The van der Waals surface area contributed by atoms with Crippen molar-refractivity contribution in [2.45, 2.75) is 32.6 Å². The molecule has 0 bridgehead atoms. The highest BCUT2D eigenvalue weighted by atomic mass is 19.1. The number of benzene rings is 3. The Morgan fingerprint density at radius 3 is 2.26 bits per heavy atom.